The number of hydrogen-bond acceptors (Lipinski definition) is 3. The van der Waals surface area contributed by atoms with Crippen molar-refractivity contribution in [3.63, 3.8) is 0 Å². The van der Waals surface area contributed by atoms with Crippen LogP contribution < -0.4 is 5.73 Å². The van der Waals surface area contributed by atoms with E-state index in [4.69, 9.17) is 10.5 Å². The zero-order chi connectivity index (χ0) is 12.6. The van der Waals surface area contributed by atoms with Crippen molar-refractivity contribution >= 4 is 0 Å². The van der Waals surface area contributed by atoms with E-state index in [2.05, 4.69) is 32.9 Å². The van der Waals surface area contributed by atoms with Gasteiger partial charge >= 0.3 is 0 Å². The molecule has 3 nitrogen and oxygen atoms in total. The number of aliphatic hydroxyl groups excluding tert-OH is 1. The molecule has 17 heavy (non-hydrogen) atoms. The molecular weight excluding hydrogens is 214 g/mol. The van der Waals surface area contributed by atoms with Gasteiger partial charge in [0.2, 0.25) is 0 Å². The normalized spacial score (nSPS) is 19.8. The first-order valence-electron chi connectivity index (χ1n) is 6.02. The molecule has 1 heterocycles. The summed E-state index contributed by atoms with van der Waals surface area (Å²) in [7, 11) is 0. The standard InChI is InChI=1S/C14H21NO2/c1-9-4-11(3)12(5-10(9)2)13(15)14(6-16)7-17-8-14/h4-5,13,16H,6-8,15H2,1-3H3. The monoisotopic (exact) mass is 235 g/mol. The summed E-state index contributed by atoms with van der Waals surface area (Å²) in [6.45, 7) is 7.46. The molecule has 0 aliphatic carbocycles. The maximum atomic E-state index is 9.52. The smallest absolute Gasteiger partial charge is 0.0594 e. The fourth-order valence-electron chi connectivity index (χ4n) is 2.38. The van der Waals surface area contributed by atoms with Crippen LogP contribution in [0.1, 0.15) is 28.3 Å². The summed E-state index contributed by atoms with van der Waals surface area (Å²) in [6, 6.07) is 4.15. The van der Waals surface area contributed by atoms with Crippen molar-refractivity contribution in [3.8, 4) is 0 Å². The van der Waals surface area contributed by atoms with Crippen molar-refractivity contribution in [2.24, 2.45) is 11.1 Å². The van der Waals surface area contributed by atoms with E-state index in [9.17, 15) is 5.11 Å². The number of aliphatic hydroxyl groups is 1. The Morgan fingerprint density at radius 1 is 1.24 bits per heavy atom. The molecule has 0 amide bonds. The number of aryl methyl sites for hydroxylation is 3. The Kier molecular flexibility index (Phi) is 3.25. The predicted octanol–water partition coefficient (Wildman–Crippen LogP) is 1.62. The van der Waals surface area contributed by atoms with Gasteiger partial charge in [0.1, 0.15) is 0 Å². The average molecular weight is 235 g/mol. The van der Waals surface area contributed by atoms with Gasteiger partial charge in [-0.25, -0.2) is 0 Å². The van der Waals surface area contributed by atoms with Gasteiger partial charge in [0.05, 0.1) is 25.2 Å². The summed E-state index contributed by atoms with van der Waals surface area (Å²) in [5.41, 5.74) is 10.9. The van der Waals surface area contributed by atoms with Crippen LogP contribution >= 0.6 is 0 Å². The van der Waals surface area contributed by atoms with Gasteiger partial charge in [0.15, 0.2) is 0 Å². The maximum Gasteiger partial charge on any atom is 0.0594 e. The van der Waals surface area contributed by atoms with Gasteiger partial charge in [-0.2, -0.15) is 0 Å². The zero-order valence-electron chi connectivity index (χ0n) is 10.8. The minimum Gasteiger partial charge on any atom is -0.396 e. The fourth-order valence-corrected chi connectivity index (χ4v) is 2.38. The van der Waals surface area contributed by atoms with Gasteiger partial charge in [-0.05, 0) is 43.0 Å². The molecule has 1 unspecified atom stereocenters. The molecule has 3 N–H and O–H groups in total. The van der Waals surface area contributed by atoms with Gasteiger partial charge in [-0.15, -0.1) is 0 Å². The molecule has 0 saturated carbocycles. The third kappa shape index (κ3) is 1.99. The summed E-state index contributed by atoms with van der Waals surface area (Å²) < 4.78 is 5.23. The second-order valence-corrected chi connectivity index (χ2v) is 5.28. The van der Waals surface area contributed by atoms with E-state index >= 15 is 0 Å². The van der Waals surface area contributed by atoms with Crippen molar-refractivity contribution in [3.05, 3.63) is 34.4 Å². The molecule has 1 aromatic carbocycles. The van der Waals surface area contributed by atoms with Gasteiger partial charge in [-0.3, -0.25) is 0 Å². The van der Waals surface area contributed by atoms with Crippen LogP contribution in [-0.2, 0) is 4.74 Å². The Bertz CT molecular complexity index is 419. The van der Waals surface area contributed by atoms with Crippen molar-refractivity contribution in [2.45, 2.75) is 26.8 Å². The van der Waals surface area contributed by atoms with E-state index in [1.807, 2.05) is 0 Å². The van der Waals surface area contributed by atoms with Crippen LogP contribution in [0.5, 0.6) is 0 Å². The van der Waals surface area contributed by atoms with Gasteiger partial charge in [0, 0.05) is 6.04 Å². The SMILES string of the molecule is Cc1cc(C)c(C(N)C2(CO)COC2)cc1C. The molecule has 94 valence electrons. The van der Waals surface area contributed by atoms with E-state index < -0.39 is 0 Å². The Hall–Kier alpha value is -0.900. The van der Waals surface area contributed by atoms with Crippen LogP contribution in [0.25, 0.3) is 0 Å². The highest BCUT2D eigenvalue weighted by atomic mass is 16.5. The molecule has 0 bridgehead atoms. The molecule has 0 spiro atoms. The number of nitrogens with two attached hydrogens (primary N) is 1. The molecular formula is C14H21NO2. The van der Waals surface area contributed by atoms with E-state index in [0.717, 1.165) is 5.56 Å². The fraction of sp³-hybridized carbons (Fsp3) is 0.571. The average Bonchev–Trinajstić information content (AvgIpc) is 2.22. The minimum atomic E-state index is -0.285. The minimum absolute atomic E-state index is 0.0839. The number of benzene rings is 1. The Morgan fingerprint density at radius 2 is 1.82 bits per heavy atom. The second-order valence-electron chi connectivity index (χ2n) is 5.28. The second kappa shape index (κ2) is 4.41. The number of ether oxygens (including phenoxy) is 1. The van der Waals surface area contributed by atoms with Crippen LogP contribution in [0.3, 0.4) is 0 Å². The van der Waals surface area contributed by atoms with Gasteiger partial charge < -0.3 is 15.6 Å². The molecule has 1 aliphatic rings. The summed E-state index contributed by atoms with van der Waals surface area (Å²) in [6.07, 6.45) is 0. The lowest BCUT2D eigenvalue weighted by Gasteiger charge is -2.45. The highest BCUT2D eigenvalue weighted by Crippen LogP contribution is 2.40. The quantitative estimate of drug-likeness (QED) is 0.837. The Morgan fingerprint density at radius 3 is 2.29 bits per heavy atom. The van der Waals surface area contributed by atoms with Crippen molar-refractivity contribution in [2.75, 3.05) is 19.8 Å². The summed E-state index contributed by atoms with van der Waals surface area (Å²) in [5.74, 6) is 0. The lowest BCUT2D eigenvalue weighted by atomic mass is 9.75. The van der Waals surface area contributed by atoms with Gasteiger partial charge in [-0.1, -0.05) is 12.1 Å². The lowest BCUT2D eigenvalue weighted by Crippen LogP contribution is -2.53. The van der Waals surface area contributed by atoms with E-state index in [0.29, 0.717) is 13.2 Å². The summed E-state index contributed by atoms with van der Waals surface area (Å²) >= 11 is 0. The summed E-state index contributed by atoms with van der Waals surface area (Å²) in [4.78, 5) is 0. The van der Waals surface area contributed by atoms with Crippen LogP contribution in [0.15, 0.2) is 12.1 Å². The van der Waals surface area contributed by atoms with Crippen LogP contribution in [0.2, 0.25) is 0 Å². The molecule has 0 aromatic heterocycles. The number of hydrogen-bond donors (Lipinski definition) is 2. The third-order valence-electron chi connectivity index (χ3n) is 3.97. The highest BCUT2D eigenvalue weighted by molar-refractivity contribution is 5.39. The molecule has 1 atom stereocenters. The Labute approximate surface area is 103 Å². The molecule has 3 heteroatoms. The molecule has 1 saturated heterocycles. The first-order chi connectivity index (χ1) is 8.00. The van der Waals surface area contributed by atoms with Crippen LogP contribution in [0.4, 0.5) is 0 Å². The highest BCUT2D eigenvalue weighted by Gasteiger charge is 2.44. The van der Waals surface area contributed by atoms with E-state index in [1.54, 1.807) is 0 Å². The van der Waals surface area contributed by atoms with Crippen molar-refractivity contribution in [1.82, 2.24) is 0 Å². The van der Waals surface area contributed by atoms with Crippen LogP contribution in [-0.4, -0.2) is 24.9 Å². The Balaban J connectivity index is 2.36. The topological polar surface area (TPSA) is 55.5 Å². The van der Waals surface area contributed by atoms with Crippen molar-refractivity contribution < 1.29 is 9.84 Å². The lowest BCUT2D eigenvalue weighted by molar-refractivity contribution is -0.150. The first-order valence-corrected chi connectivity index (χ1v) is 6.02. The largest absolute Gasteiger partial charge is 0.396 e. The third-order valence-corrected chi connectivity index (χ3v) is 3.97. The zero-order valence-corrected chi connectivity index (χ0v) is 10.8. The first kappa shape index (κ1) is 12.6. The molecule has 1 aromatic rings. The predicted molar refractivity (Wildman–Crippen MR) is 67.9 cm³/mol. The molecule has 2 rings (SSSR count). The molecule has 0 radical (unpaired) electrons. The summed E-state index contributed by atoms with van der Waals surface area (Å²) in [5, 5.41) is 9.52. The number of rotatable bonds is 3. The molecule has 1 aliphatic heterocycles. The maximum absolute atomic E-state index is 9.52. The molecule has 1 fully saturated rings. The van der Waals surface area contributed by atoms with Crippen LogP contribution in [0, 0.1) is 26.2 Å². The van der Waals surface area contributed by atoms with E-state index in [-0.39, 0.29) is 18.1 Å². The van der Waals surface area contributed by atoms with Gasteiger partial charge in [0.25, 0.3) is 0 Å². The van der Waals surface area contributed by atoms with Crippen molar-refractivity contribution in [1.29, 1.82) is 0 Å². The van der Waals surface area contributed by atoms with E-state index in [1.165, 1.54) is 16.7 Å².